The maximum atomic E-state index is 10.8. The highest BCUT2D eigenvalue weighted by Gasteiger charge is 2.09. The van der Waals surface area contributed by atoms with Crippen molar-refractivity contribution < 1.29 is 9.90 Å². The van der Waals surface area contributed by atoms with Gasteiger partial charge in [0, 0.05) is 11.6 Å². The van der Waals surface area contributed by atoms with E-state index in [0.717, 1.165) is 5.39 Å². The minimum atomic E-state index is -1.04. The van der Waals surface area contributed by atoms with Crippen molar-refractivity contribution in [2.75, 3.05) is 0 Å². The molecule has 70 valence electrons. The molecule has 1 N–H and O–H groups in total. The van der Waals surface area contributed by atoms with Crippen LogP contribution in [0.3, 0.4) is 0 Å². The summed E-state index contributed by atoms with van der Waals surface area (Å²) in [5, 5.41) is 9.88. The van der Waals surface area contributed by atoms with Crippen LogP contribution in [0, 0.1) is 0 Å². The lowest BCUT2D eigenvalue weighted by molar-refractivity contribution is 0.0697. The Morgan fingerprint density at radius 2 is 2.21 bits per heavy atom. The first kappa shape index (κ1) is 8.97. The van der Waals surface area contributed by atoms with Crippen LogP contribution in [-0.2, 0) is 0 Å². The maximum Gasteiger partial charge on any atom is 0.337 e. The number of pyridine rings is 1. The summed E-state index contributed by atoms with van der Waals surface area (Å²) in [7, 11) is 0. The van der Waals surface area contributed by atoms with Gasteiger partial charge in [0.25, 0.3) is 0 Å². The van der Waals surface area contributed by atoms with E-state index in [9.17, 15) is 4.79 Å². The first-order valence-corrected chi connectivity index (χ1v) is 4.34. The number of hydrogen-bond donors (Lipinski definition) is 1. The summed E-state index contributed by atoms with van der Waals surface area (Å²) in [4.78, 5) is 14.8. The van der Waals surface area contributed by atoms with E-state index >= 15 is 0 Å². The lowest BCUT2D eigenvalue weighted by atomic mass is 10.1. The average Bonchev–Trinajstić information content (AvgIpc) is 2.16. The fourth-order valence-electron chi connectivity index (χ4n) is 1.26. The normalized spacial score (nSPS) is 10.4. The minimum Gasteiger partial charge on any atom is -0.478 e. The van der Waals surface area contributed by atoms with Crippen molar-refractivity contribution in [3.05, 3.63) is 41.0 Å². The molecule has 0 aliphatic heterocycles. The third-order valence-electron chi connectivity index (χ3n) is 1.92. The molecule has 0 aliphatic carbocycles. The van der Waals surface area contributed by atoms with Crippen LogP contribution in [-0.4, -0.2) is 16.1 Å². The summed E-state index contributed by atoms with van der Waals surface area (Å²) in [6.45, 7) is 0. The molecule has 14 heavy (non-hydrogen) atoms. The number of aromatic carboxylic acids is 1. The molecule has 0 radical (unpaired) electrons. The average molecular weight is 208 g/mol. The summed E-state index contributed by atoms with van der Waals surface area (Å²) in [6.07, 6.45) is 1.61. The Balaban J connectivity index is 2.77. The second-order valence-corrected chi connectivity index (χ2v) is 3.24. The van der Waals surface area contributed by atoms with Crippen molar-refractivity contribution in [2.24, 2.45) is 0 Å². The summed E-state index contributed by atoms with van der Waals surface area (Å²) in [5.41, 5.74) is 0.715. The molecular formula is C10H6ClNO2. The van der Waals surface area contributed by atoms with Crippen molar-refractivity contribution in [2.45, 2.75) is 0 Å². The molecule has 0 atom stereocenters. The molecule has 0 fully saturated rings. The smallest absolute Gasteiger partial charge is 0.337 e. The molecule has 1 heterocycles. The van der Waals surface area contributed by atoms with Gasteiger partial charge in [0.2, 0.25) is 0 Å². The predicted molar refractivity (Wildman–Crippen MR) is 53.7 cm³/mol. The predicted octanol–water partition coefficient (Wildman–Crippen LogP) is 2.59. The fourth-order valence-corrected chi connectivity index (χ4v) is 1.51. The van der Waals surface area contributed by atoms with E-state index in [4.69, 9.17) is 16.7 Å². The summed E-state index contributed by atoms with van der Waals surface area (Å²) < 4.78 is 0. The Labute approximate surface area is 85.0 Å². The lowest BCUT2D eigenvalue weighted by Gasteiger charge is -2.01. The zero-order valence-electron chi connectivity index (χ0n) is 7.07. The van der Waals surface area contributed by atoms with Gasteiger partial charge in [-0.15, -0.1) is 0 Å². The van der Waals surface area contributed by atoms with E-state index in [1.807, 2.05) is 6.07 Å². The van der Waals surface area contributed by atoms with Gasteiger partial charge in [-0.25, -0.2) is 4.79 Å². The van der Waals surface area contributed by atoms with Gasteiger partial charge < -0.3 is 5.11 Å². The van der Waals surface area contributed by atoms with Crippen LogP contribution in [0.4, 0.5) is 0 Å². The molecule has 0 spiro atoms. The third kappa shape index (κ3) is 1.42. The monoisotopic (exact) mass is 207 g/mol. The molecular weight excluding hydrogens is 202 g/mol. The van der Waals surface area contributed by atoms with Crippen LogP contribution >= 0.6 is 11.6 Å². The number of fused-ring (bicyclic) bond motifs is 1. The topological polar surface area (TPSA) is 50.2 Å². The van der Waals surface area contributed by atoms with Crippen LogP contribution in [0.2, 0.25) is 5.02 Å². The number of nitrogens with zero attached hydrogens (tertiary/aromatic N) is 1. The molecule has 2 aromatic rings. The highest BCUT2D eigenvalue weighted by molar-refractivity contribution is 6.34. The number of hydrogen-bond acceptors (Lipinski definition) is 2. The van der Waals surface area contributed by atoms with Gasteiger partial charge in [0.15, 0.2) is 0 Å². The fraction of sp³-hybridized carbons (Fsp3) is 0. The molecule has 0 bridgehead atoms. The third-order valence-corrected chi connectivity index (χ3v) is 2.23. The molecule has 0 saturated heterocycles. The SMILES string of the molecule is O=C(O)c1cc2ncccc2cc1Cl. The molecule has 0 unspecified atom stereocenters. The van der Waals surface area contributed by atoms with Gasteiger partial charge >= 0.3 is 5.97 Å². The number of aromatic nitrogens is 1. The molecule has 4 heteroatoms. The van der Waals surface area contributed by atoms with Gasteiger partial charge in [-0.05, 0) is 18.2 Å². The first-order valence-electron chi connectivity index (χ1n) is 3.96. The second-order valence-electron chi connectivity index (χ2n) is 2.83. The number of carbonyl (C=O) groups is 1. The zero-order chi connectivity index (χ0) is 10.1. The molecule has 0 aliphatic rings. The maximum absolute atomic E-state index is 10.8. The summed E-state index contributed by atoms with van der Waals surface area (Å²) >= 11 is 5.79. The molecule has 0 amide bonds. The minimum absolute atomic E-state index is 0.0814. The molecule has 0 saturated carbocycles. The Morgan fingerprint density at radius 1 is 1.43 bits per heavy atom. The van der Waals surface area contributed by atoms with E-state index in [-0.39, 0.29) is 10.6 Å². The van der Waals surface area contributed by atoms with Gasteiger partial charge in [-0.2, -0.15) is 0 Å². The van der Waals surface area contributed by atoms with Gasteiger partial charge in [0.05, 0.1) is 16.1 Å². The van der Waals surface area contributed by atoms with E-state index in [2.05, 4.69) is 4.98 Å². The quantitative estimate of drug-likeness (QED) is 0.782. The van der Waals surface area contributed by atoms with Crippen LogP contribution in [0.5, 0.6) is 0 Å². The van der Waals surface area contributed by atoms with Gasteiger partial charge in [-0.3, -0.25) is 4.98 Å². The Hall–Kier alpha value is -1.61. The van der Waals surface area contributed by atoms with Crippen molar-refractivity contribution in [1.29, 1.82) is 0 Å². The van der Waals surface area contributed by atoms with Crippen LogP contribution < -0.4 is 0 Å². The number of carboxylic acids is 1. The van der Waals surface area contributed by atoms with Gasteiger partial charge in [-0.1, -0.05) is 17.7 Å². The Morgan fingerprint density at radius 3 is 2.93 bits per heavy atom. The molecule has 3 nitrogen and oxygen atoms in total. The van der Waals surface area contributed by atoms with Gasteiger partial charge in [0.1, 0.15) is 0 Å². The van der Waals surface area contributed by atoms with Crippen LogP contribution in [0.25, 0.3) is 10.9 Å². The van der Waals surface area contributed by atoms with Crippen molar-refractivity contribution in [3.63, 3.8) is 0 Å². The lowest BCUT2D eigenvalue weighted by Crippen LogP contribution is -1.97. The molecule has 1 aromatic heterocycles. The van der Waals surface area contributed by atoms with Crippen LogP contribution in [0.1, 0.15) is 10.4 Å². The number of carboxylic acid groups (broad SMARTS) is 1. The number of halogens is 1. The highest BCUT2D eigenvalue weighted by Crippen LogP contribution is 2.22. The second kappa shape index (κ2) is 3.27. The van der Waals surface area contributed by atoms with Crippen molar-refractivity contribution in [3.8, 4) is 0 Å². The number of rotatable bonds is 1. The van der Waals surface area contributed by atoms with Crippen LogP contribution in [0.15, 0.2) is 30.5 Å². The molecule has 1 aromatic carbocycles. The van der Waals surface area contributed by atoms with E-state index < -0.39 is 5.97 Å². The highest BCUT2D eigenvalue weighted by atomic mass is 35.5. The summed E-state index contributed by atoms with van der Waals surface area (Å²) in [6, 6.07) is 6.69. The van der Waals surface area contributed by atoms with Crippen molar-refractivity contribution >= 4 is 28.5 Å². The van der Waals surface area contributed by atoms with Crippen molar-refractivity contribution in [1.82, 2.24) is 4.98 Å². The van der Waals surface area contributed by atoms with E-state index in [1.165, 1.54) is 6.07 Å². The Kier molecular flexibility index (Phi) is 2.09. The van der Waals surface area contributed by atoms with E-state index in [1.54, 1.807) is 18.3 Å². The standard InChI is InChI=1S/C10H6ClNO2/c11-8-4-6-2-1-3-12-9(6)5-7(8)10(13)14/h1-5H,(H,13,14). The molecule has 2 rings (SSSR count). The number of benzene rings is 1. The Bertz CT molecular complexity index is 510. The first-order chi connectivity index (χ1) is 6.68. The van der Waals surface area contributed by atoms with E-state index in [0.29, 0.717) is 5.52 Å². The zero-order valence-corrected chi connectivity index (χ0v) is 7.82. The largest absolute Gasteiger partial charge is 0.478 e. The summed E-state index contributed by atoms with van der Waals surface area (Å²) in [5.74, 6) is -1.04.